The predicted molar refractivity (Wildman–Crippen MR) is 171 cm³/mol. The first kappa shape index (κ1) is 31.4. The quantitative estimate of drug-likeness (QED) is 0.266. The lowest BCUT2D eigenvalue weighted by Crippen LogP contribution is -2.40. The van der Waals surface area contributed by atoms with E-state index >= 15 is 0 Å². The van der Waals surface area contributed by atoms with Crippen molar-refractivity contribution in [1.82, 2.24) is 10.1 Å². The summed E-state index contributed by atoms with van der Waals surface area (Å²) >= 11 is 0. The molecule has 0 saturated heterocycles. The van der Waals surface area contributed by atoms with E-state index in [4.69, 9.17) is 9.52 Å². The number of hydrogen-bond acceptors (Lipinski definition) is 7. The molecule has 0 radical (unpaired) electrons. The van der Waals surface area contributed by atoms with Gasteiger partial charge >= 0.3 is 0 Å². The monoisotopic (exact) mass is 619 g/mol. The molecule has 5 rings (SSSR count). The van der Waals surface area contributed by atoms with Crippen LogP contribution in [0.5, 0.6) is 0 Å². The Morgan fingerprint density at radius 1 is 1.09 bits per heavy atom. The predicted octanol–water partition coefficient (Wildman–Crippen LogP) is 6.38. The molecule has 3 aromatic rings. The van der Waals surface area contributed by atoms with Crippen molar-refractivity contribution in [3.05, 3.63) is 59.3 Å². The molecule has 1 aliphatic heterocycles. The molecule has 1 aliphatic carbocycles. The molecule has 0 atom stereocenters. The Labute approximate surface area is 259 Å². The van der Waals surface area contributed by atoms with Gasteiger partial charge in [0.05, 0.1) is 22.8 Å². The number of aryl methyl sites for hydroxylation is 1. The van der Waals surface area contributed by atoms with Crippen molar-refractivity contribution in [1.29, 1.82) is 0 Å². The highest BCUT2D eigenvalue weighted by molar-refractivity contribution is 7.92. The number of carbonyl (C=O) groups is 2. The average molecular weight is 620 g/mol. The molecule has 1 aromatic heterocycles. The number of amidine groups is 1. The molecule has 2 amide bonds. The van der Waals surface area contributed by atoms with Crippen LogP contribution in [0.4, 0.5) is 11.6 Å². The zero-order valence-corrected chi connectivity index (χ0v) is 27.0. The zero-order chi connectivity index (χ0) is 31.6. The van der Waals surface area contributed by atoms with Gasteiger partial charge in [-0.3, -0.25) is 19.5 Å². The summed E-state index contributed by atoms with van der Waals surface area (Å²) in [6.45, 7) is 7.71. The van der Waals surface area contributed by atoms with Gasteiger partial charge in [-0.05, 0) is 50.8 Å². The fraction of sp³-hybridized carbons (Fsp3) is 0.455. The van der Waals surface area contributed by atoms with Gasteiger partial charge in [0.15, 0.2) is 0 Å². The molecule has 1 saturated carbocycles. The third-order valence-corrected chi connectivity index (χ3v) is 10.2. The van der Waals surface area contributed by atoms with Crippen LogP contribution in [-0.4, -0.2) is 48.7 Å². The number of aliphatic imine (C=N–C) groups is 1. The molecular formula is C33H41N5O5S. The lowest BCUT2D eigenvalue weighted by molar-refractivity contribution is -0.131. The SMILES string of the molecule is CCCCC1=NC2(CCCC2)C(=O)N1Cc1ccc(-c2ccccc2S(=O)(=O)Nc2onc(C)c2C)c(N(C)C(=O)CC)c1. The maximum atomic E-state index is 13.8. The number of anilines is 2. The Morgan fingerprint density at radius 2 is 1.82 bits per heavy atom. The normalized spacial score (nSPS) is 16.1. The Morgan fingerprint density at radius 3 is 2.48 bits per heavy atom. The second-order valence-corrected chi connectivity index (χ2v) is 13.4. The van der Waals surface area contributed by atoms with Crippen LogP contribution in [0.1, 0.15) is 82.0 Å². The van der Waals surface area contributed by atoms with Gasteiger partial charge in [0.25, 0.3) is 15.9 Å². The second-order valence-electron chi connectivity index (χ2n) is 11.7. The number of aromatic nitrogens is 1. The van der Waals surface area contributed by atoms with E-state index in [1.165, 1.54) is 6.07 Å². The van der Waals surface area contributed by atoms with E-state index in [0.29, 0.717) is 34.6 Å². The van der Waals surface area contributed by atoms with Gasteiger partial charge < -0.3 is 9.42 Å². The second kappa shape index (κ2) is 12.6. The highest BCUT2D eigenvalue weighted by Gasteiger charge is 2.49. The summed E-state index contributed by atoms with van der Waals surface area (Å²) in [6, 6.07) is 12.3. The molecule has 11 heteroatoms. The maximum absolute atomic E-state index is 13.8. The van der Waals surface area contributed by atoms with Crippen molar-refractivity contribution in [3.63, 3.8) is 0 Å². The fourth-order valence-electron chi connectivity index (χ4n) is 6.04. The van der Waals surface area contributed by atoms with Crippen molar-refractivity contribution in [2.75, 3.05) is 16.7 Å². The Kier molecular flexibility index (Phi) is 8.97. The van der Waals surface area contributed by atoms with Gasteiger partial charge in [0.2, 0.25) is 11.8 Å². The number of nitrogens with one attached hydrogen (secondary N) is 1. The van der Waals surface area contributed by atoms with E-state index in [9.17, 15) is 18.0 Å². The van der Waals surface area contributed by atoms with Crippen molar-refractivity contribution in [2.45, 2.75) is 96.0 Å². The lowest BCUT2D eigenvalue weighted by Gasteiger charge is -2.25. The van der Waals surface area contributed by atoms with Crippen molar-refractivity contribution in [3.8, 4) is 11.1 Å². The highest BCUT2D eigenvalue weighted by Crippen LogP contribution is 2.41. The van der Waals surface area contributed by atoms with Gasteiger partial charge in [-0.1, -0.05) is 68.6 Å². The molecule has 0 bridgehead atoms. The number of benzene rings is 2. The van der Waals surface area contributed by atoms with Crippen LogP contribution in [-0.2, 0) is 26.2 Å². The van der Waals surface area contributed by atoms with Crippen molar-refractivity contribution < 1.29 is 22.5 Å². The van der Waals surface area contributed by atoms with E-state index in [1.807, 2.05) is 23.1 Å². The van der Waals surface area contributed by atoms with Crippen molar-refractivity contribution >= 4 is 39.2 Å². The summed E-state index contributed by atoms with van der Waals surface area (Å²) < 4.78 is 35.1. The molecule has 2 heterocycles. The third kappa shape index (κ3) is 5.89. The fourth-order valence-corrected chi connectivity index (χ4v) is 7.31. The molecule has 44 heavy (non-hydrogen) atoms. The standard InChI is InChI=1S/C33H41N5O5S/c1-6-8-15-29-34-33(18-11-12-19-33)32(40)38(29)21-24-16-17-25(27(20-24)37(5)30(39)7-2)26-13-9-10-14-28(26)44(41,42)36-31-22(3)23(4)35-43-31/h9-10,13-14,16-17,20,36H,6-8,11-12,15,18-19,21H2,1-5H3. The van der Waals surface area contributed by atoms with E-state index < -0.39 is 15.6 Å². The average Bonchev–Trinajstić information content (AvgIpc) is 3.70. The summed E-state index contributed by atoms with van der Waals surface area (Å²) in [4.78, 5) is 35.2. The van der Waals surface area contributed by atoms with Gasteiger partial charge in [0.1, 0.15) is 11.4 Å². The number of amides is 2. The summed E-state index contributed by atoms with van der Waals surface area (Å²) in [5, 5.41) is 3.86. The smallest absolute Gasteiger partial charge is 0.264 e. The number of sulfonamides is 1. The van der Waals surface area contributed by atoms with Crippen LogP contribution in [0, 0.1) is 13.8 Å². The highest BCUT2D eigenvalue weighted by atomic mass is 32.2. The van der Waals surface area contributed by atoms with Gasteiger partial charge in [-0.25, -0.2) is 13.1 Å². The molecule has 10 nitrogen and oxygen atoms in total. The van der Waals surface area contributed by atoms with Gasteiger partial charge in [-0.15, -0.1) is 0 Å². The molecule has 0 unspecified atom stereocenters. The molecular weight excluding hydrogens is 578 g/mol. The molecule has 2 aromatic carbocycles. The number of rotatable bonds is 11. The maximum Gasteiger partial charge on any atom is 0.264 e. The van der Waals surface area contributed by atoms with E-state index in [-0.39, 0.29) is 29.0 Å². The molecule has 1 spiro atoms. The Balaban J connectivity index is 1.55. The summed E-state index contributed by atoms with van der Waals surface area (Å²) in [5.74, 6) is 0.831. The minimum atomic E-state index is -4.09. The van der Waals surface area contributed by atoms with Gasteiger partial charge in [-0.2, -0.15) is 0 Å². The van der Waals surface area contributed by atoms with Crippen LogP contribution in [0.25, 0.3) is 11.1 Å². The summed E-state index contributed by atoms with van der Waals surface area (Å²) in [7, 11) is -2.40. The molecule has 1 N–H and O–H groups in total. The van der Waals surface area contributed by atoms with Crippen LogP contribution >= 0.6 is 0 Å². The number of nitrogens with zero attached hydrogens (tertiary/aromatic N) is 4. The van der Waals surface area contributed by atoms with Crippen LogP contribution in [0.15, 0.2) is 56.9 Å². The van der Waals surface area contributed by atoms with E-state index in [2.05, 4.69) is 16.8 Å². The number of carbonyl (C=O) groups excluding carboxylic acids is 2. The summed E-state index contributed by atoms with van der Waals surface area (Å²) in [5.41, 5.74) is 2.94. The Hall–Kier alpha value is -3.99. The summed E-state index contributed by atoms with van der Waals surface area (Å²) in [6.07, 6.45) is 6.52. The minimum absolute atomic E-state index is 0.0340. The minimum Gasteiger partial charge on any atom is -0.337 e. The first-order chi connectivity index (χ1) is 21.0. The van der Waals surface area contributed by atoms with Gasteiger partial charge in [0, 0.05) is 36.6 Å². The number of hydrogen-bond donors (Lipinski definition) is 1. The zero-order valence-electron chi connectivity index (χ0n) is 26.1. The first-order valence-electron chi connectivity index (χ1n) is 15.4. The number of unbranched alkanes of at least 4 members (excludes halogenated alkanes) is 1. The van der Waals surface area contributed by atoms with Crippen LogP contribution in [0.2, 0.25) is 0 Å². The topological polar surface area (TPSA) is 125 Å². The first-order valence-corrected chi connectivity index (χ1v) is 16.8. The Bertz CT molecular complexity index is 1700. The molecule has 2 aliphatic rings. The molecule has 234 valence electrons. The third-order valence-electron chi connectivity index (χ3n) is 8.77. The lowest BCUT2D eigenvalue weighted by atomic mass is 9.97. The van der Waals surface area contributed by atoms with E-state index in [1.54, 1.807) is 50.9 Å². The van der Waals surface area contributed by atoms with Crippen LogP contribution < -0.4 is 9.62 Å². The van der Waals surface area contributed by atoms with E-state index in [0.717, 1.165) is 56.3 Å². The van der Waals surface area contributed by atoms with Crippen molar-refractivity contribution in [2.24, 2.45) is 4.99 Å². The molecule has 1 fully saturated rings. The van der Waals surface area contributed by atoms with Crippen LogP contribution in [0.3, 0.4) is 0 Å². The largest absolute Gasteiger partial charge is 0.337 e.